The zero-order chi connectivity index (χ0) is 28.8. The van der Waals surface area contributed by atoms with Crippen LogP contribution >= 0.6 is 6.72 Å². The molecule has 0 aromatic carbocycles. The molecule has 17 nitrogen and oxygen atoms in total. The van der Waals surface area contributed by atoms with E-state index in [9.17, 15) is 29.1 Å². The highest BCUT2D eigenvalue weighted by atomic mass is 32.5. The molecule has 0 aliphatic carbocycles. The maximum Gasteiger partial charge on any atom is 0.330 e. The molecule has 3 unspecified atom stereocenters. The summed E-state index contributed by atoms with van der Waals surface area (Å²) in [5.74, 6) is 0.140. The van der Waals surface area contributed by atoms with Crippen LogP contribution in [0.4, 0.5) is 10.2 Å². The number of imidazole rings is 1. The van der Waals surface area contributed by atoms with Gasteiger partial charge in [-0.2, -0.15) is 0 Å². The first kappa shape index (κ1) is 28.8. The van der Waals surface area contributed by atoms with Crippen LogP contribution in [0.2, 0.25) is 0 Å². The number of aliphatic hydroxyl groups excluding tert-OH is 2. The number of nitrogens with two attached hydrogens (primary N) is 1. The Labute approximate surface area is 228 Å². The quantitative estimate of drug-likeness (QED) is 0.167. The number of nitrogens with zero attached hydrogens (tertiary/aromatic N) is 5. The van der Waals surface area contributed by atoms with Crippen LogP contribution in [0.5, 0.6) is 0 Å². The minimum Gasteiger partial charge on any atom is -0.394 e. The lowest BCUT2D eigenvalue weighted by Gasteiger charge is -2.27. The number of anilines is 1. The number of halogens is 1. The maximum absolute atomic E-state index is 14.8. The van der Waals surface area contributed by atoms with Gasteiger partial charge in [-0.15, -0.1) is 0 Å². The Morgan fingerprint density at radius 2 is 1.95 bits per heavy atom. The number of fused-ring (bicyclic) bond motifs is 1. The van der Waals surface area contributed by atoms with E-state index in [-0.39, 0.29) is 5.82 Å². The van der Waals surface area contributed by atoms with Crippen molar-refractivity contribution in [3.63, 3.8) is 0 Å². The molecule has 5 rings (SSSR count). The standard InChI is InChI=1S/C20H25FN7O10PS/c1-34-15-14(8(4-29)36-19(15)28-7-25-12-16(22)23-6-24-17(12)28)38-39(33,40)35-5-9-13(31)11(21)18(37-9)27-3-2-10(30)26-20(27)32/h2-3,6-9,11,13-15,18-19,29,31H,4-5H2,1H3,(H,33,40)(H2,22,23,24)(H,26,30,32)/t8-,9-,11+,13?,14?,15+,18-,19-,39?/m1/s1. The number of nitrogens with one attached hydrogen (secondary N) is 1. The van der Waals surface area contributed by atoms with Gasteiger partial charge in [0.25, 0.3) is 5.56 Å². The van der Waals surface area contributed by atoms with Crippen molar-refractivity contribution in [2.75, 3.05) is 26.1 Å². The number of methoxy groups -OCH3 is 1. The topological polar surface area (TPSA) is 231 Å². The van der Waals surface area contributed by atoms with Crippen LogP contribution < -0.4 is 17.0 Å². The largest absolute Gasteiger partial charge is 0.394 e. The van der Waals surface area contributed by atoms with Crippen molar-refractivity contribution in [2.45, 2.75) is 49.1 Å². The maximum atomic E-state index is 14.8. The summed E-state index contributed by atoms with van der Waals surface area (Å²) in [5.41, 5.74) is 4.85. The van der Waals surface area contributed by atoms with Crippen molar-refractivity contribution >= 4 is 35.5 Å². The molecule has 0 radical (unpaired) electrons. The second kappa shape index (κ2) is 11.3. The summed E-state index contributed by atoms with van der Waals surface area (Å²) in [6, 6.07) is 0.990. The van der Waals surface area contributed by atoms with E-state index in [0.717, 1.165) is 16.8 Å². The van der Waals surface area contributed by atoms with Crippen molar-refractivity contribution in [3.05, 3.63) is 45.8 Å². The van der Waals surface area contributed by atoms with Gasteiger partial charge in [0.05, 0.1) is 19.5 Å². The zero-order valence-corrected chi connectivity index (χ0v) is 22.3. The predicted molar refractivity (Wildman–Crippen MR) is 135 cm³/mol. The smallest absolute Gasteiger partial charge is 0.330 e. The second-order valence-corrected chi connectivity index (χ2v) is 11.7. The summed E-state index contributed by atoms with van der Waals surface area (Å²) >= 11 is 5.12. The van der Waals surface area contributed by atoms with Crippen molar-refractivity contribution in [2.24, 2.45) is 0 Å². The highest BCUT2D eigenvalue weighted by Crippen LogP contribution is 2.50. The van der Waals surface area contributed by atoms with E-state index in [1.807, 2.05) is 4.98 Å². The molecule has 5 heterocycles. The highest BCUT2D eigenvalue weighted by molar-refractivity contribution is 8.07. The van der Waals surface area contributed by atoms with Crippen LogP contribution in [-0.2, 0) is 35.1 Å². The molecule has 0 saturated carbocycles. The number of aliphatic hydroxyl groups is 2. The van der Waals surface area contributed by atoms with Crippen molar-refractivity contribution in [3.8, 4) is 0 Å². The fourth-order valence-electron chi connectivity index (χ4n) is 4.56. The van der Waals surface area contributed by atoms with E-state index < -0.39 is 80.3 Å². The fourth-order valence-corrected chi connectivity index (χ4v) is 6.00. The molecule has 6 N–H and O–H groups in total. The fraction of sp³-hybridized carbons (Fsp3) is 0.550. The lowest BCUT2D eigenvalue weighted by atomic mass is 10.1. The number of alkyl halides is 1. The molecular formula is C20H25FN7O10PS. The van der Waals surface area contributed by atoms with E-state index in [2.05, 4.69) is 15.0 Å². The minimum absolute atomic E-state index is 0.140. The third-order valence-electron chi connectivity index (χ3n) is 6.47. The van der Waals surface area contributed by atoms with Gasteiger partial charge in [-0.25, -0.2) is 24.1 Å². The Morgan fingerprint density at radius 3 is 2.65 bits per heavy atom. The van der Waals surface area contributed by atoms with E-state index in [0.29, 0.717) is 11.2 Å². The van der Waals surface area contributed by atoms with E-state index >= 15 is 0 Å². The summed E-state index contributed by atoms with van der Waals surface area (Å²) in [7, 11) is 1.35. The number of ether oxygens (including phenoxy) is 3. The Balaban J connectivity index is 1.29. The van der Waals surface area contributed by atoms with Crippen LogP contribution in [0.25, 0.3) is 11.2 Å². The molecule has 218 valence electrons. The monoisotopic (exact) mass is 605 g/mol. The molecule has 0 spiro atoms. The van der Waals surface area contributed by atoms with Crippen molar-refractivity contribution in [1.82, 2.24) is 29.1 Å². The first-order chi connectivity index (χ1) is 19.0. The Bertz CT molecular complexity index is 1540. The van der Waals surface area contributed by atoms with Gasteiger partial charge in [0.2, 0.25) is 0 Å². The summed E-state index contributed by atoms with van der Waals surface area (Å²) in [6.45, 7) is -5.32. The number of H-pyrrole nitrogens is 1. The molecule has 0 amide bonds. The molecule has 2 fully saturated rings. The number of aromatic nitrogens is 6. The van der Waals surface area contributed by atoms with Crippen LogP contribution in [0, 0.1) is 0 Å². The summed E-state index contributed by atoms with van der Waals surface area (Å²) < 4.78 is 44.9. The van der Waals surface area contributed by atoms with Crippen molar-refractivity contribution in [1.29, 1.82) is 0 Å². The molecule has 3 aromatic heterocycles. The van der Waals surface area contributed by atoms with Gasteiger partial charge in [0.1, 0.15) is 42.4 Å². The molecule has 20 heteroatoms. The first-order valence-corrected chi connectivity index (χ1v) is 14.3. The number of hydrogen-bond donors (Lipinski definition) is 5. The average molecular weight is 605 g/mol. The molecular weight excluding hydrogens is 580 g/mol. The Hall–Kier alpha value is -2.71. The van der Waals surface area contributed by atoms with Gasteiger partial charge >= 0.3 is 12.4 Å². The van der Waals surface area contributed by atoms with Gasteiger partial charge < -0.3 is 39.6 Å². The summed E-state index contributed by atoms with van der Waals surface area (Å²) in [6.07, 6.45) is -7.20. The third-order valence-corrected chi connectivity index (χ3v) is 8.03. The van der Waals surface area contributed by atoms with Gasteiger partial charge in [-0.1, -0.05) is 0 Å². The van der Waals surface area contributed by atoms with Gasteiger partial charge in [0, 0.05) is 19.4 Å². The molecule has 3 aromatic rings. The molecule has 40 heavy (non-hydrogen) atoms. The Kier molecular flexibility index (Phi) is 8.13. The van der Waals surface area contributed by atoms with Crippen LogP contribution in [0.3, 0.4) is 0 Å². The van der Waals surface area contributed by atoms with E-state index in [4.69, 9.17) is 40.8 Å². The normalized spacial score (nSPS) is 32.0. The molecule has 9 atom stereocenters. The first-order valence-electron chi connectivity index (χ1n) is 11.7. The molecule has 0 bridgehead atoms. The molecule has 2 aliphatic rings. The summed E-state index contributed by atoms with van der Waals surface area (Å²) in [4.78, 5) is 48.3. The van der Waals surface area contributed by atoms with E-state index in [1.54, 1.807) is 0 Å². The summed E-state index contributed by atoms with van der Waals surface area (Å²) in [5, 5.41) is 20.3. The zero-order valence-electron chi connectivity index (χ0n) is 20.6. The minimum atomic E-state index is -4.15. The highest BCUT2D eigenvalue weighted by Gasteiger charge is 2.50. The number of rotatable bonds is 9. The number of nitrogen functional groups attached to an aromatic ring is 1. The average Bonchev–Trinajstić information content (AvgIpc) is 3.57. The van der Waals surface area contributed by atoms with Crippen molar-refractivity contribution < 1.29 is 42.8 Å². The Morgan fingerprint density at radius 1 is 1.20 bits per heavy atom. The van der Waals surface area contributed by atoms with Gasteiger partial charge in [0.15, 0.2) is 30.1 Å². The lowest BCUT2D eigenvalue weighted by molar-refractivity contribution is -0.0583. The second-order valence-electron chi connectivity index (χ2n) is 8.88. The SMILES string of the molecule is CO[C@H]1C(OP(O)(=S)OC[C@H]2O[C@@H](n3ccc(=O)[nH]c3=O)[C@@H](F)C2O)[C@@H](CO)O[C@H]1n1cnc2c(N)ncnc21. The van der Waals surface area contributed by atoms with Crippen LogP contribution in [0.15, 0.2) is 34.5 Å². The number of hydrogen-bond acceptors (Lipinski definition) is 14. The number of aromatic amines is 1. The molecule has 2 saturated heterocycles. The predicted octanol–water partition coefficient (Wildman–Crippen LogP) is -1.92. The van der Waals surface area contributed by atoms with E-state index in [1.165, 1.54) is 24.3 Å². The van der Waals surface area contributed by atoms with Crippen LogP contribution in [-0.4, -0.2) is 101 Å². The lowest BCUT2D eigenvalue weighted by Crippen LogP contribution is -2.37. The van der Waals surface area contributed by atoms with Crippen LogP contribution in [0.1, 0.15) is 12.5 Å². The third kappa shape index (κ3) is 5.32. The molecule has 2 aliphatic heterocycles. The van der Waals surface area contributed by atoms with Gasteiger partial charge in [-0.3, -0.25) is 23.4 Å². The van der Waals surface area contributed by atoms with Gasteiger partial charge in [-0.05, 0) is 11.8 Å².